The number of nitrogens with one attached hydrogen (secondary N) is 2. The maximum Gasteiger partial charge on any atom is 0.229 e. The molecule has 4 aromatic rings. The second-order valence-corrected chi connectivity index (χ2v) is 9.72. The summed E-state index contributed by atoms with van der Waals surface area (Å²) in [6.07, 6.45) is 4.10. The summed E-state index contributed by atoms with van der Waals surface area (Å²) in [6.45, 7) is 2.54. The van der Waals surface area contributed by atoms with E-state index >= 15 is 0 Å². The summed E-state index contributed by atoms with van der Waals surface area (Å²) in [7, 11) is -3.27. The van der Waals surface area contributed by atoms with Crippen LogP contribution in [0, 0.1) is 5.82 Å². The van der Waals surface area contributed by atoms with Crippen LogP contribution in [0.1, 0.15) is 18.9 Å². The number of anilines is 4. The molecule has 0 bridgehead atoms. The third kappa shape index (κ3) is 3.56. The number of H-pyrrole nitrogens is 1. The molecule has 8 nitrogen and oxygen atoms in total. The number of halogens is 1. The van der Waals surface area contributed by atoms with Gasteiger partial charge in [-0.3, -0.25) is 5.10 Å². The van der Waals surface area contributed by atoms with Gasteiger partial charge >= 0.3 is 0 Å². The molecular formula is C22H21FN6O2S. The van der Waals surface area contributed by atoms with Gasteiger partial charge in [0.2, 0.25) is 5.95 Å². The van der Waals surface area contributed by atoms with Crippen molar-refractivity contribution in [1.29, 1.82) is 0 Å². The molecule has 0 fully saturated rings. The predicted molar refractivity (Wildman–Crippen MR) is 121 cm³/mol. The van der Waals surface area contributed by atoms with Gasteiger partial charge in [-0.15, -0.1) is 0 Å². The number of hydrogen-bond acceptors (Lipinski definition) is 7. The Hall–Kier alpha value is -3.53. The average molecular weight is 453 g/mol. The SMILES string of the molecule is CCCN(c1nc(Nc2ccc3c(c2)S(=O)(=O)CC3)ncc1F)c1cccc2[nH]ncc12. The lowest BCUT2D eigenvalue weighted by Gasteiger charge is -2.24. The van der Waals surface area contributed by atoms with Crippen LogP contribution in [0.5, 0.6) is 0 Å². The topological polar surface area (TPSA) is 104 Å². The zero-order valence-corrected chi connectivity index (χ0v) is 18.2. The maximum atomic E-state index is 14.9. The molecule has 32 heavy (non-hydrogen) atoms. The van der Waals surface area contributed by atoms with Crippen LogP contribution >= 0.6 is 0 Å². The zero-order chi connectivity index (χ0) is 22.3. The number of benzene rings is 2. The average Bonchev–Trinajstić information content (AvgIpc) is 3.38. The lowest BCUT2D eigenvalue weighted by Crippen LogP contribution is -2.21. The number of hydrogen-bond donors (Lipinski definition) is 2. The van der Waals surface area contributed by atoms with E-state index in [4.69, 9.17) is 0 Å². The van der Waals surface area contributed by atoms with E-state index in [0.29, 0.717) is 23.5 Å². The Labute approximate surface area is 184 Å². The Balaban J connectivity index is 1.53. The van der Waals surface area contributed by atoms with Crippen LogP contribution in [0.25, 0.3) is 10.9 Å². The molecule has 2 aromatic heterocycles. The number of aromatic amines is 1. The van der Waals surface area contributed by atoms with E-state index < -0.39 is 15.7 Å². The molecule has 0 radical (unpaired) electrons. The van der Waals surface area contributed by atoms with Crippen LogP contribution in [-0.4, -0.2) is 40.9 Å². The molecular weight excluding hydrogens is 431 g/mol. The zero-order valence-electron chi connectivity index (χ0n) is 17.3. The quantitative estimate of drug-likeness (QED) is 0.454. The van der Waals surface area contributed by atoms with Crippen molar-refractivity contribution in [2.24, 2.45) is 0 Å². The van der Waals surface area contributed by atoms with E-state index in [-0.39, 0.29) is 17.5 Å². The first-order chi connectivity index (χ1) is 15.5. The van der Waals surface area contributed by atoms with Gasteiger partial charge in [0.15, 0.2) is 21.5 Å². The molecule has 0 spiro atoms. The molecule has 3 heterocycles. The van der Waals surface area contributed by atoms with Crippen molar-refractivity contribution in [3.63, 3.8) is 0 Å². The Morgan fingerprint density at radius 2 is 2.09 bits per heavy atom. The van der Waals surface area contributed by atoms with Crippen molar-refractivity contribution in [2.45, 2.75) is 24.7 Å². The molecule has 0 atom stereocenters. The highest BCUT2D eigenvalue weighted by Crippen LogP contribution is 2.33. The third-order valence-electron chi connectivity index (χ3n) is 5.48. The van der Waals surface area contributed by atoms with Gasteiger partial charge < -0.3 is 10.2 Å². The van der Waals surface area contributed by atoms with Crippen LogP contribution in [-0.2, 0) is 16.3 Å². The van der Waals surface area contributed by atoms with Crippen LogP contribution in [0.15, 0.2) is 53.7 Å². The van der Waals surface area contributed by atoms with Gasteiger partial charge in [0.1, 0.15) is 0 Å². The first-order valence-corrected chi connectivity index (χ1v) is 12.0. The van der Waals surface area contributed by atoms with Crippen molar-refractivity contribution < 1.29 is 12.8 Å². The Kier molecular flexibility index (Phi) is 5.01. The van der Waals surface area contributed by atoms with Gasteiger partial charge in [0.25, 0.3) is 0 Å². The minimum atomic E-state index is -3.27. The van der Waals surface area contributed by atoms with Crippen LogP contribution in [0.3, 0.4) is 0 Å². The fourth-order valence-corrected chi connectivity index (χ4v) is 5.56. The molecule has 5 rings (SSSR count). The Morgan fingerprint density at radius 1 is 1.22 bits per heavy atom. The van der Waals surface area contributed by atoms with Crippen LogP contribution in [0.2, 0.25) is 0 Å². The highest BCUT2D eigenvalue weighted by Gasteiger charge is 2.26. The van der Waals surface area contributed by atoms with Crippen molar-refractivity contribution in [3.05, 3.63) is 60.2 Å². The fourth-order valence-electron chi connectivity index (χ4n) is 3.97. The van der Waals surface area contributed by atoms with Gasteiger partial charge in [0, 0.05) is 17.6 Å². The minimum absolute atomic E-state index is 0.120. The molecule has 164 valence electrons. The molecule has 10 heteroatoms. The van der Waals surface area contributed by atoms with Gasteiger partial charge in [-0.1, -0.05) is 19.1 Å². The summed E-state index contributed by atoms with van der Waals surface area (Å²) < 4.78 is 39.4. The monoisotopic (exact) mass is 452 g/mol. The molecule has 1 aliphatic heterocycles. The smallest absolute Gasteiger partial charge is 0.229 e. The summed E-state index contributed by atoms with van der Waals surface area (Å²) in [5.74, 6) is -0.126. The molecule has 0 unspecified atom stereocenters. The summed E-state index contributed by atoms with van der Waals surface area (Å²) in [4.78, 5) is 10.6. The fraction of sp³-hybridized carbons (Fsp3) is 0.227. The van der Waals surface area contributed by atoms with E-state index in [0.717, 1.165) is 34.8 Å². The predicted octanol–water partition coefficient (Wildman–Crippen LogP) is 4.11. The Morgan fingerprint density at radius 3 is 2.94 bits per heavy atom. The number of rotatable bonds is 6. The lowest BCUT2D eigenvalue weighted by molar-refractivity contribution is 0.600. The summed E-state index contributed by atoms with van der Waals surface area (Å²) in [5.41, 5.74) is 2.96. The van der Waals surface area contributed by atoms with Gasteiger partial charge in [0.05, 0.1) is 34.2 Å². The standard InChI is InChI=1S/C22H21FN6O2S/c1-2-9-29(19-5-3-4-18-16(19)12-25-28-18)21-17(23)13-24-22(27-21)26-15-7-6-14-8-10-32(30,31)20(14)11-15/h3-7,11-13H,2,8-10H2,1H3,(H,25,28)(H,24,26,27). The summed E-state index contributed by atoms with van der Waals surface area (Å²) in [6, 6.07) is 10.8. The van der Waals surface area contributed by atoms with Gasteiger partial charge in [-0.05, 0) is 42.7 Å². The first-order valence-electron chi connectivity index (χ1n) is 10.3. The van der Waals surface area contributed by atoms with E-state index in [1.54, 1.807) is 29.3 Å². The molecule has 2 N–H and O–H groups in total. The second kappa shape index (κ2) is 7.86. The van der Waals surface area contributed by atoms with E-state index in [9.17, 15) is 12.8 Å². The number of aromatic nitrogens is 4. The van der Waals surface area contributed by atoms with E-state index in [1.807, 2.05) is 25.1 Å². The normalized spacial score (nSPS) is 14.4. The van der Waals surface area contributed by atoms with Gasteiger partial charge in [-0.2, -0.15) is 10.1 Å². The summed E-state index contributed by atoms with van der Waals surface area (Å²) >= 11 is 0. The number of aryl methyl sites for hydroxylation is 1. The summed E-state index contributed by atoms with van der Waals surface area (Å²) in [5, 5.41) is 10.9. The minimum Gasteiger partial charge on any atom is -0.324 e. The lowest BCUT2D eigenvalue weighted by atomic mass is 10.1. The molecule has 1 aliphatic rings. The Bertz CT molecular complexity index is 1420. The largest absolute Gasteiger partial charge is 0.324 e. The molecule has 0 saturated carbocycles. The molecule has 2 aromatic carbocycles. The molecule has 0 amide bonds. The van der Waals surface area contributed by atoms with Crippen molar-refractivity contribution in [1.82, 2.24) is 20.2 Å². The van der Waals surface area contributed by atoms with Gasteiger partial charge in [-0.25, -0.2) is 17.8 Å². The highest BCUT2D eigenvalue weighted by molar-refractivity contribution is 7.91. The molecule has 0 saturated heterocycles. The van der Waals surface area contributed by atoms with Crippen LogP contribution in [0.4, 0.5) is 27.5 Å². The van der Waals surface area contributed by atoms with E-state index in [2.05, 4.69) is 25.5 Å². The number of nitrogens with zero attached hydrogens (tertiary/aromatic N) is 4. The third-order valence-corrected chi connectivity index (χ3v) is 7.27. The van der Waals surface area contributed by atoms with Crippen molar-refractivity contribution in [3.8, 4) is 0 Å². The maximum absolute atomic E-state index is 14.9. The highest BCUT2D eigenvalue weighted by atomic mass is 32.2. The molecule has 0 aliphatic carbocycles. The second-order valence-electron chi connectivity index (χ2n) is 7.64. The van der Waals surface area contributed by atoms with Crippen molar-refractivity contribution >= 4 is 43.9 Å². The number of sulfone groups is 1. The van der Waals surface area contributed by atoms with Crippen LogP contribution < -0.4 is 10.2 Å². The van der Waals surface area contributed by atoms with E-state index in [1.165, 1.54) is 0 Å². The first kappa shape index (κ1) is 20.4. The number of fused-ring (bicyclic) bond motifs is 2. The van der Waals surface area contributed by atoms with Crippen molar-refractivity contribution in [2.75, 3.05) is 22.5 Å².